The van der Waals surface area contributed by atoms with Gasteiger partial charge in [-0.15, -0.1) is 0 Å². The van der Waals surface area contributed by atoms with Gasteiger partial charge in [0.2, 0.25) is 0 Å². The first-order chi connectivity index (χ1) is 16.8. The minimum absolute atomic E-state index is 0.0711. The Labute approximate surface area is 204 Å². The zero-order valence-electron chi connectivity index (χ0n) is 18.8. The summed E-state index contributed by atoms with van der Waals surface area (Å²) in [6.07, 6.45) is 2.86. The number of hydrogen-bond donors (Lipinski definition) is 1. The number of aryl methyl sites for hydroxylation is 1. The number of nitro groups is 2. The average Bonchev–Trinajstić information content (AvgIpc) is 3.13. The van der Waals surface area contributed by atoms with Crippen LogP contribution >= 0.6 is 11.8 Å². The number of non-ortho nitro benzene ring substituents is 1. The van der Waals surface area contributed by atoms with E-state index in [0.29, 0.717) is 5.82 Å². The highest BCUT2D eigenvalue weighted by molar-refractivity contribution is 7.99. The van der Waals surface area contributed by atoms with Crippen molar-refractivity contribution in [2.45, 2.75) is 23.6 Å². The summed E-state index contributed by atoms with van der Waals surface area (Å²) in [5, 5.41) is 25.7. The molecule has 0 aliphatic carbocycles. The number of rotatable bonds is 8. The second-order valence-corrected chi connectivity index (χ2v) is 8.68. The van der Waals surface area contributed by atoms with Crippen LogP contribution in [0, 0.1) is 34.1 Å². The molecule has 2 aromatic heterocycles. The molecule has 0 saturated heterocycles. The molecule has 35 heavy (non-hydrogen) atoms. The highest BCUT2D eigenvalue weighted by Gasteiger charge is 2.11. The van der Waals surface area contributed by atoms with E-state index >= 15 is 0 Å². The molecule has 0 amide bonds. The SMILES string of the molecule is Cc1cc(/C=N/Nc2ccc([N+](=O)[O-])cn2)c(C)n1-c1ccc(Sc2ccc([N+](=O)[O-])cc2)cc1. The topological polar surface area (TPSA) is 128 Å². The Morgan fingerprint density at radius 2 is 1.51 bits per heavy atom. The first kappa shape index (κ1) is 23.6. The van der Waals surface area contributed by atoms with Crippen molar-refractivity contribution < 1.29 is 9.85 Å². The van der Waals surface area contributed by atoms with Crippen molar-refractivity contribution in [1.29, 1.82) is 0 Å². The van der Waals surface area contributed by atoms with Crippen LogP contribution in [-0.2, 0) is 0 Å². The third kappa shape index (κ3) is 5.53. The molecule has 4 rings (SSSR count). The maximum absolute atomic E-state index is 10.8. The highest BCUT2D eigenvalue weighted by Crippen LogP contribution is 2.30. The number of anilines is 1. The number of pyridine rings is 1. The van der Waals surface area contributed by atoms with Crippen molar-refractivity contribution in [2.24, 2.45) is 5.10 Å². The molecule has 1 N–H and O–H groups in total. The van der Waals surface area contributed by atoms with Crippen LogP contribution in [0.1, 0.15) is 17.0 Å². The molecule has 2 aromatic carbocycles. The number of hydrogen-bond acceptors (Lipinski definition) is 8. The normalized spacial score (nSPS) is 11.0. The van der Waals surface area contributed by atoms with Crippen molar-refractivity contribution in [3.05, 3.63) is 110 Å². The summed E-state index contributed by atoms with van der Waals surface area (Å²) in [6.45, 7) is 4.01. The summed E-state index contributed by atoms with van der Waals surface area (Å²) in [7, 11) is 0. The monoisotopic (exact) mass is 488 g/mol. The standard InChI is InChI=1S/C24H20N6O4S/c1-16-13-18(14-26-27-24-12-7-21(15-25-24)30(33)34)17(2)28(16)19-3-8-22(9-4-19)35-23-10-5-20(6-11-23)29(31)32/h3-15H,1-2H3,(H,25,27)/b26-14+. The van der Waals surface area contributed by atoms with E-state index in [1.54, 1.807) is 18.3 Å². The van der Waals surface area contributed by atoms with Gasteiger partial charge in [-0.05, 0) is 62.4 Å². The van der Waals surface area contributed by atoms with E-state index in [1.165, 1.54) is 42.2 Å². The average molecular weight is 489 g/mol. The van der Waals surface area contributed by atoms with Gasteiger partial charge in [0.15, 0.2) is 0 Å². The van der Waals surface area contributed by atoms with E-state index < -0.39 is 9.85 Å². The Morgan fingerprint density at radius 1 is 0.914 bits per heavy atom. The molecule has 4 aromatic rings. The number of nitro benzene ring substituents is 1. The summed E-state index contributed by atoms with van der Waals surface area (Å²) < 4.78 is 2.12. The molecule has 11 heteroatoms. The lowest BCUT2D eigenvalue weighted by atomic mass is 10.2. The summed E-state index contributed by atoms with van der Waals surface area (Å²) in [4.78, 5) is 26.5. The number of benzene rings is 2. The fourth-order valence-electron chi connectivity index (χ4n) is 3.48. The molecular formula is C24H20N6O4S. The number of hydrazone groups is 1. The van der Waals surface area contributed by atoms with E-state index in [-0.39, 0.29) is 11.4 Å². The molecule has 10 nitrogen and oxygen atoms in total. The van der Waals surface area contributed by atoms with E-state index in [4.69, 9.17) is 0 Å². The summed E-state index contributed by atoms with van der Waals surface area (Å²) >= 11 is 1.53. The predicted octanol–water partition coefficient (Wildman–Crippen LogP) is 5.90. The number of aromatic nitrogens is 2. The number of nitrogens with zero attached hydrogens (tertiary/aromatic N) is 5. The Balaban J connectivity index is 1.45. The highest BCUT2D eigenvalue weighted by atomic mass is 32.2. The van der Waals surface area contributed by atoms with E-state index in [0.717, 1.165) is 32.4 Å². The summed E-state index contributed by atoms with van der Waals surface area (Å²) in [5.74, 6) is 0.404. The van der Waals surface area contributed by atoms with Crippen molar-refractivity contribution in [1.82, 2.24) is 9.55 Å². The first-order valence-electron chi connectivity index (χ1n) is 10.4. The van der Waals surface area contributed by atoms with E-state index in [2.05, 4.69) is 20.1 Å². The molecule has 0 aliphatic heterocycles. The van der Waals surface area contributed by atoms with Crippen molar-refractivity contribution in [3.8, 4) is 5.69 Å². The lowest BCUT2D eigenvalue weighted by Crippen LogP contribution is -2.00. The second kappa shape index (κ2) is 10.2. The van der Waals surface area contributed by atoms with E-state index in [1.807, 2.05) is 44.2 Å². The maximum atomic E-state index is 10.8. The molecule has 0 fully saturated rings. The molecule has 0 unspecified atom stereocenters. The zero-order chi connectivity index (χ0) is 24.9. The van der Waals surface area contributed by atoms with Crippen molar-refractivity contribution >= 4 is 35.2 Å². The van der Waals surface area contributed by atoms with Crippen LogP contribution in [0.25, 0.3) is 5.69 Å². The third-order valence-electron chi connectivity index (χ3n) is 5.19. The van der Waals surface area contributed by atoms with Gasteiger partial charge in [0.05, 0.1) is 16.1 Å². The largest absolute Gasteiger partial charge is 0.318 e. The van der Waals surface area contributed by atoms with Crippen LogP contribution in [0.4, 0.5) is 17.2 Å². The van der Waals surface area contributed by atoms with Crippen molar-refractivity contribution in [3.63, 3.8) is 0 Å². The second-order valence-electron chi connectivity index (χ2n) is 7.54. The van der Waals surface area contributed by atoms with E-state index in [9.17, 15) is 20.2 Å². The summed E-state index contributed by atoms with van der Waals surface area (Å²) in [6, 6.07) is 19.4. The van der Waals surface area contributed by atoms with Crippen LogP contribution in [0.15, 0.2) is 87.8 Å². The molecule has 0 aliphatic rings. The minimum atomic E-state index is -0.504. The fourth-order valence-corrected chi connectivity index (χ4v) is 4.30. The molecule has 0 radical (unpaired) electrons. The van der Waals surface area contributed by atoms with Gasteiger partial charge in [-0.25, -0.2) is 4.98 Å². The van der Waals surface area contributed by atoms with Crippen LogP contribution in [0.2, 0.25) is 0 Å². The molecule has 0 spiro atoms. The molecule has 176 valence electrons. The van der Waals surface area contributed by atoms with Gasteiger partial charge in [0.1, 0.15) is 12.0 Å². The maximum Gasteiger partial charge on any atom is 0.287 e. The molecule has 0 saturated carbocycles. The van der Waals surface area contributed by atoms with Crippen LogP contribution in [0.3, 0.4) is 0 Å². The minimum Gasteiger partial charge on any atom is -0.318 e. The summed E-state index contributed by atoms with van der Waals surface area (Å²) in [5.41, 5.74) is 6.72. The zero-order valence-corrected chi connectivity index (χ0v) is 19.6. The van der Waals surface area contributed by atoms with Gasteiger partial charge in [-0.3, -0.25) is 25.7 Å². The first-order valence-corrected chi connectivity index (χ1v) is 11.2. The Kier molecular flexibility index (Phi) is 6.88. The predicted molar refractivity (Wildman–Crippen MR) is 135 cm³/mol. The van der Waals surface area contributed by atoms with Gasteiger partial charge in [-0.2, -0.15) is 5.10 Å². The Morgan fingerprint density at radius 3 is 2.09 bits per heavy atom. The third-order valence-corrected chi connectivity index (χ3v) is 6.21. The molecule has 0 bridgehead atoms. The van der Waals surface area contributed by atoms with Crippen molar-refractivity contribution in [2.75, 3.05) is 5.43 Å². The van der Waals surface area contributed by atoms with Gasteiger partial charge >= 0.3 is 0 Å². The van der Waals surface area contributed by atoms with Crippen LogP contribution < -0.4 is 5.43 Å². The van der Waals surface area contributed by atoms with Crippen LogP contribution in [-0.4, -0.2) is 25.6 Å². The Hall–Kier alpha value is -4.51. The van der Waals surface area contributed by atoms with Gasteiger partial charge in [0.25, 0.3) is 11.4 Å². The quantitative estimate of drug-likeness (QED) is 0.186. The lowest BCUT2D eigenvalue weighted by Gasteiger charge is -2.10. The number of nitrogens with one attached hydrogen (secondary N) is 1. The smallest absolute Gasteiger partial charge is 0.287 e. The Bertz CT molecular complexity index is 1400. The lowest BCUT2D eigenvalue weighted by molar-refractivity contribution is -0.385. The van der Waals surface area contributed by atoms with Gasteiger partial charge in [-0.1, -0.05) is 11.8 Å². The van der Waals surface area contributed by atoms with Gasteiger partial charge in [0, 0.05) is 50.6 Å². The van der Waals surface area contributed by atoms with Gasteiger partial charge < -0.3 is 4.57 Å². The molecule has 0 atom stereocenters. The molecule has 2 heterocycles. The molecular weight excluding hydrogens is 468 g/mol. The van der Waals surface area contributed by atoms with Crippen LogP contribution in [0.5, 0.6) is 0 Å². The fraction of sp³-hybridized carbons (Fsp3) is 0.0833.